The van der Waals surface area contributed by atoms with E-state index in [1.54, 1.807) is 6.92 Å². The van der Waals surface area contributed by atoms with Gasteiger partial charge in [0.1, 0.15) is 13.2 Å². The zero-order valence-electron chi connectivity index (χ0n) is 11.1. The summed E-state index contributed by atoms with van der Waals surface area (Å²) in [5, 5.41) is 0. The lowest BCUT2D eigenvalue weighted by molar-refractivity contribution is -0.146. The first-order valence-corrected chi connectivity index (χ1v) is 5.21. The van der Waals surface area contributed by atoms with Crippen molar-refractivity contribution in [1.29, 1.82) is 0 Å². The van der Waals surface area contributed by atoms with Gasteiger partial charge in [0.05, 0.1) is 7.11 Å². The number of carbonyl (C=O) groups is 3. The number of hydrogen-bond donors (Lipinski definition) is 0. The molecule has 19 heavy (non-hydrogen) atoms. The summed E-state index contributed by atoms with van der Waals surface area (Å²) in [5.74, 6) is -1.42. The van der Waals surface area contributed by atoms with Crippen LogP contribution in [0.5, 0.6) is 0 Å². The topological polar surface area (TPSA) is 78.9 Å². The predicted octanol–water partition coefficient (Wildman–Crippen LogP) is 1.18. The summed E-state index contributed by atoms with van der Waals surface area (Å²) >= 11 is 0. The summed E-state index contributed by atoms with van der Waals surface area (Å²) in [7, 11) is 1.33. The third kappa shape index (κ3) is 13.6. The molecule has 0 spiro atoms. The summed E-state index contributed by atoms with van der Waals surface area (Å²) in [6.45, 7) is 11.4. The predicted molar refractivity (Wildman–Crippen MR) is 69.1 cm³/mol. The first kappa shape index (κ1) is 19.0. The molecule has 6 nitrogen and oxygen atoms in total. The van der Waals surface area contributed by atoms with Crippen molar-refractivity contribution < 1.29 is 28.6 Å². The van der Waals surface area contributed by atoms with Crippen molar-refractivity contribution >= 4 is 17.9 Å². The fraction of sp³-hybridized carbons (Fsp3) is 0.308. The van der Waals surface area contributed by atoms with E-state index in [0.29, 0.717) is 5.57 Å². The molecule has 0 saturated heterocycles. The molecule has 0 aliphatic carbocycles. The van der Waals surface area contributed by atoms with Gasteiger partial charge in [0.2, 0.25) is 0 Å². The van der Waals surface area contributed by atoms with Gasteiger partial charge in [0.25, 0.3) is 0 Å². The Morgan fingerprint density at radius 2 is 1.37 bits per heavy atom. The maximum Gasteiger partial charge on any atom is 0.332 e. The van der Waals surface area contributed by atoms with E-state index in [9.17, 15) is 14.4 Å². The molecule has 0 atom stereocenters. The van der Waals surface area contributed by atoms with Crippen LogP contribution >= 0.6 is 0 Å². The number of rotatable bonds is 6. The molecule has 0 aliphatic rings. The molecular formula is C13H18O6. The normalized spacial score (nSPS) is 8.11. The maximum absolute atomic E-state index is 10.4. The van der Waals surface area contributed by atoms with Crippen LogP contribution in [0.25, 0.3) is 0 Å². The minimum atomic E-state index is -0.537. The standard InChI is InChI=1S/C8H10O4.C5H8O2/c1-3-7(9)11-5-6-12-8(10)4-2;1-4(2)5(6)7-3/h3-4H,1-2,5-6H2;1H2,2-3H3. The van der Waals surface area contributed by atoms with Crippen LogP contribution in [-0.2, 0) is 28.6 Å². The van der Waals surface area contributed by atoms with Crippen LogP contribution in [0, 0.1) is 0 Å². The van der Waals surface area contributed by atoms with E-state index in [0.717, 1.165) is 12.2 Å². The molecule has 0 radical (unpaired) electrons. The van der Waals surface area contributed by atoms with E-state index in [-0.39, 0.29) is 19.2 Å². The Kier molecular flexibility index (Phi) is 12.1. The Balaban J connectivity index is 0. The smallest absolute Gasteiger partial charge is 0.332 e. The van der Waals surface area contributed by atoms with E-state index in [1.165, 1.54) is 7.11 Å². The molecule has 0 N–H and O–H groups in total. The number of carbonyl (C=O) groups excluding carboxylic acids is 3. The average Bonchev–Trinajstić information content (AvgIpc) is 2.42. The molecule has 0 fully saturated rings. The second-order valence-corrected chi connectivity index (χ2v) is 3.02. The SMILES string of the molecule is C=C(C)C(=O)OC.C=CC(=O)OCCOC(=O)C=C. The summed E-state index contributed by atoms with van der Waals surface area (Å²) in [5.41, 5.74) is 0.433. The van der Waals surface area contributed by atoms with E-state index in [4.69, 9.17) is 0 Å². The third-order valence-electron chi connectivity index (χ3n) is 1.44. The van der Waals surface area contributed by atoms with Gasteiger partial charge < -0.3 is 14.2 Å². The molecular weight excluding hydrogens is 252 g/mol. The van der Waals surface area contributed by atoms with Gasteiger partial charge in [-0.15, -0.1) is 0 Å². The minimum absolute atomic E-state index is 0.0322. The van der Waals surface area contributed by atoms with E-state index < -0.39 is 11.9 Å². The lowest BCUT2D eigenvalue weighted by atomic mass is 10.4. The van der Waals surface area contributed by atoms with Crippen molar-refractivity contribution in [1.82, 2.24) is 0 Å². The lowest BCUT2D eigenvalue weighted by Crippen LogP contribution is -2.10. The zero-order valence-corrected chi connectivity index (χ0v) is 11.1. The Bertz CT molecular complexity index is 334. The Morgan fingerprint density at radius 3 is 1.53 bits per heavy atom. The van der Waals surface area contributed by atoms with Gasteiger partial charge in [-0.3, -0.25) is 0 Å². The molecule has 0 aliphatic heterocycles. The first-order chi connectivity index (χ1) is 8.88. The first-order valence-electron chi connectivity index (χ1n) is 5.21. The summed E-state index contributed by atoms with van der Waals surface area (Å²) in [6, 6.07) is 0. The molecule has 0 unspecified atom stereocenters. The molecule has 0 aromatic carbocycles. The Labute approximate surface area is 112 Å². The lowest BCUT2D eigenvalue weighted by Gasteiger charge is -2.01. The van der Waals surface area contributed by atoms with Gasteiger partial charge in [-0.25, -0.2) is 14.4 Å². The molecule has 6 heteroatoms. The third-order valence-corrected chi connectivity index (χ3v) is 1.44. The van der Waals surface area contributed by atoms with Crippen molar-refractivity contribution in [2.75, 3.05) is 20.3 Å². The summed E-state index contributed by atoms with van der Waals surface area (Å²) in [4.78, 5) is 31.0. The highest BCUT2D eigenvalue weighted by Crippen LogP contribution is 1.87. The number of hydrogen-bond acceptors (Lipinski definition) is 6. The van der Waals surface area contributed by atoms with Crippen LogP contribution in [0.4, 0.5) is 0 Å². The number of ether oxygens (including phenoxy) is 3. The van der Waals surface area contributed by atoms with Crippen LogP contribution in [0.3, 0.4) is 0 Å². The fourth-order valence-electron chi connectivity index (χ4n) is 0.577. The molecule has 0 amide bonds. The highest BCUT2D eigenvalue weighted by Gasteiger charge is 1.97. The second-order valence-electron chi connectivity index (χ2n) is 3.02. The van der Waals surface area contributed by atoms with Crippen LogP contribution in [0.2, 0.25) is 0 Å². The van der Waals surface area contributed by atoms with E-state index in [2.05, 4.69) is 33.9 Å². The van der Waals surface area contributed by atoms with Crippen LogP contribution in [-0.4, -0.2) is 38.2 Å². The molecule has 106 valence electrons. The van der Waals surface area contributed by atoms with Crippen LogP contribution < -0.4 is 0 Å². The zero-order chi connectivity index (χ0) is 15.3. The Morgan fingerprint density at radius 1 is 1.00 bits per heavy atom. The van der Waals surface area contributed by atoms with E-state index in [1.807, 2.05) is 0 Å². The molecule has 0 aromatic rings. The molecule has 0 bridgehead atoms. The molecule has 0 rings (SSSR count). The maximum atomic E-state index is 10.4. The van der Waals surface area contributed by atoms with Crippen molar-refractivity contribution in [2.24, 2.45) is 0 Å². The fourth-order valence-corrected chi connectivity index (χ4v) is 0.577. The highest BCUT2D eigenvalue weighted by molar-refractivity contribution is 5.86. The van der Waals surface area contributed by atoms with Gasteiger partial charge in [0.15, 0.2) is 0 Å². The summed E-state index contributed by atoms with van der Waals surface area (Å²) in [6.07, 6.45) is 2.07. The van der Waals surface area contributed by atoms with Crippen molar-refractivity contribution in [3.05, 3.63) is 37.5 Å². The van der Waals surface area contributed by atoms with Crippen molar-refractivity contribution in [3.63, 3.8) is 0 Å². The van der Waals surface area contributed by atoms with Gasteiger partial charge in [-0.1, -0.05) is 19.7 Å². The van der Waals surface area contributed by atoms with Crippen molar-refractivity contribution in [3.8, 4) is 0 Å². The average molecular weight is 270 g/mol. The molecule has 0 heterocycles. The monoisotopic (exact) mass is 270 g/mol. The number of esters is 3. The van der Waals surface area contributed by atoms with Gasteiger partial charge >= 0.3 is 17.9 Å². The number of methoxy groups -OCH3 is 1. The minimum Gasteiger partial charge on any atom is -0.466 e. The Hall–Kier alpha value is -2.37. The van der Waals surface area contributed by atoms with Gasteiger partial charge in [-0.2, -0.15) is 0 Å². The van der Waals surface area contributed by atoms with Crippen LogP contribution in [0.15, 0.2) is 37.5 Å². The quantitative estimate of drug-likeness (QED) is 0.312. The summed E-state index contributed by atoms with van der Waals surface area (Å²) < 4.78 is 13.3. The molecule has 0 aromatic heterocycles. The second kappa shape index (κ2) is 12.1. The van der Waals surface area contributed by atoms with Crippen LogP contribution in [0.1, 0.15) is 6.92 Å². The molecule has 0 saturated carbocycles. The van der Waals surface area contributed by atoms with Gasteiger partial charge in [0, 0.05) is 17.7 Å². The highest BCUT2D eigenvalue weighted by atomic mass is 16.6. The van der Waals surface area contributed by atoms with Gasteiger partial charge in [-0.05, 0) is 6.92 Å². The van der Waals surface area contributed by atoms with Crippen molar-refractivity contribution in [2.45, 2.75) is 6.92 Å². The van der Waals surface area contributed by atoms with E-state index >= 15 is 0 Å². The largest absolute Gasteiger partial charge is 0.466 e.